The van der Waals surface area contributed by atoms with Crippen molar-refractivity contribution in [1.29, 1.82) is 0 Å². The zero-order chi connectivity index (χ0) is 14.0. The molecule has 2 heterocycles. The molecule has 102 valence electrons. The molecule has 9 heteroatoms. The lowest BCUT2D eigenvalue weighted by atomic mass is 10.3. The van der Waals surface area contributed by atoms with Gasteiger partial charge in [0.2, 0.25) is 0 Å². The van der Waals surface area contributed by atoms with E-state index in [1.54, 1.807) is 13.0 Å². The summed E-state index contributed by atoms with van der Waals surface area (Å²) < 4.78 is 27.0. The van der Waals surface area contributed by atoms with Crippen molar-refractivity contribution in [3.63, 3.8) is 0 Å². The summed E-state index contributed by atoms with van der Waals surface area (Å²) in [6.07, 6.45) is 0. The lowest BCUT2D eigenvalue weighted by Crippen LogP contribution is -2.22. The predicted octanol–water partition coefficient (Wildman–Crippen LogP) is 1.90. The van der Waals surface area contributed by atoms with Crippen molar-refractivity contribution in [1.82, 2.24) is 10.5 Å². The third kappa shape index (κ3) is 3.55. The first-order chi connectivity index (χ1) is 8.86. The van der Waals surface area contributed by atoms with Gasteiger partial charge in [-0.05, 0) is 19.1 Å². The molecule has 0 unspecified atom stereocenters. The Bertz CT molecular complexity index is 705. The first-order valence-corrected chi connectivity index (χ1v) is 8.24. The summed E-state index contributed by atoms with van der Waals surface area (Å²) in [7, 11) is 1.49. The van der Waals surface area contributed by atoms with Gasteiger partial charge >= 0.3 is 0 Å². The minimum absolute atomic E-state index is 0.0516. The highest BCUT2D eigenvalue weighted by atomic mass is 35.7. The summed E-state index contributed by atoms with van der Waals surface area (Å²) in [4.78, 5) is 12.3. The molecule has 0 fully saturated rings. The average molecular weight is 321 g/mol. The van der Waals surface area contributed by atoms with Gasteiger partial charge in [-0.1, -0.05) is 5.16 Å². The first kappa shape index (κ1) is 14.0. The van der Waals surface area contributed by atoms with E-state index in [-0.39, 0.29) is 22.4 Å². The van der Waals surface area contributed by atoms with E-state index in [0.29, 0.717) is 10.6 Å². The molecule has 2 rings (SSSR count). The minimum Gasteiger partial charge on any atom is -0.361 e. The maximum absolute atomic E-state index is 11.7. The Labute approximate surface area is 117 Å². The molecule has 0 aliphatic carbocycles. The number of hydrogen-bond donors (Lipinski definition) is 1. The number of carbonyl (C=O) groups is 1. The Hall–Kier alpha value is -1.38. The molecule has 0 aromatic carbocycles. The second-order valence-corrected chi connectivity index (χ2v) is 7.63. The van der Waals surface area contributed by atoms with Gasteiger partial charge < -0.3 is 9.84 Å². The summed E-state index contributed by atoms with van der Waals surface area (Å²) in [5.41, 5.74) is 0.180. The molecule has 1 amide bonds. The van der Waals surface area contributed by atoms with E-state index in [4.69, 9.17) is 15.2 Å². The van der Waals surface area contributed by atoms with Crippen LogP contribution >= 0.6 is 22.0 Å². The third-order valence-electron chi connectivity index (χ3n) is 2.16. The molecule has 6 nitrogen and oxygen atoms in total. The molecular formula is C10H9ClN2O4S2. The van der Waals surface area contributed by atoms with Crippen molar-refractivity contribution in [2.75, 3.05) is 0 Å². The molecule has 2 aromatic heterocycles. The van der Waals surface area contributed by atoms with Crippen LogP contribution in [0.1, 0.15) is 21.1 Å². The normalized spacial score (nSPS) is 11.5. The van der Waals surface area contributed by atoms with E-state index in [0.717, 1.165) is 11.3 Å². The fourth-order valence-electron chi connectivity index (χ4n) is 1.32. The summed E-state index contributed by atoms with van der Waals surface area (Å²) in [5, 5.41) is 6.18. The van der Waals surface area contributed by atoms with E-state index in [1.807, 2.05) is 0 Å². The maximum atomic E-state index is 11.7. The molecule has 0 bridgehead atoms. The van der Waals surface area contributed by atoms with Gasteiger partial charge in [0.15, 0.2) is 5.69 Å². The Morgan fingerprint density at radius 1 is 1.53 bits per heavy atom. The van der Waals surface area contributed by atoms with Crippen molar-refractivity contribution in [2.45, 2.75) is 17.7 Å². The number of amides is 1. The molecule has 2 aromatic rings. The Morgan fingerprint density at radius 2 is 2.26 bits per heavy atom. The fraction of sp³-hybridized carbons (Fsp3) is 0.200. The summed E-state index contributed by atoms with van der Waals surface area (Å²) >= 11 is 1.00. The number of thiophene rings is 1. The number of nitrogens with zero attached hydrogens (tertiary/aromatic N) is 1. The van der Waals surface area contributed by atoms with Gasteiger partial charge in [-0.15, -0.1) is 11.3 Å². The topological polar surface area (TPSA) is 89.3 Å². The van der Waals surface area contributed by atoms with Crippen LogP contribution in [0.3, 0.4) is 0 Å². The van der Waals surface area contributed by atoms with Crippen LogP contribution < -0.4 is 5.32 Å². The molecule has 0 aliphatic heterocycles. The molecule has 0 saturated heterocycles. The zero-order valence-electron chi connectivity index (χ0n) is 9.71. The lowest BCUT2D eigenvalue weighted by molar-refractivity contribution is 0.0942. The Kier molecular flexibility index (Phi) is 3.93. The number of nitrogens with one attached hydrogen (secondary N) is 1. The van der Waals surface area contributed by atoms with Gasteiger partial charge in [0.1, 0.15) is 9.97 Å². The van der Waals surface area contributed by atoms with Gasteiger partial charge in [0.05, 0.1) is 6.54 Å². The van der Waals surface area contributed by atoms with Crippen LogP contribution in [-0.2, 0) is 15.6 Å². The quantitative estimate of drug-likeness (QED) is 0.869. The first-order valence-electron chi connectivity index (χ1n) is 5.11. The molecule has 0 radical (unpaired) electrons. The highest BCUT2D eigenvalue weighted by Gasteiger charge is 2.14. The van der Waals surface area contributed by atoms with E-state index < -0.39 is 9.05 Å². The van der Waals surface area contributed by atoms with E-state index in [1.165, 1.54) is 12.1 Å². The highest BCUT2D eigenvalue weighted by Crippen LogP contribution is 2.24. The van der Waals surface area contributed by atoms with Crippen molar-refractivity contribution in [2.24, 2.45) is 0 Å². The molecule has 1 N–H and O–H groups in total. The molecule has 0 spiro atoms. The summed E-state index contributed by atoms with van der Waals surface area (Å²) in [5.74, 6) is 0.150. The lowest BCUT2D eigenvalue weighted by Gasteiger charge is -1.99. The standard InChI is InChI=1S/C10H9ClN2O4S2/c1-6-4-8(13-17-6)10(14)12-5-7-2-3-9(18-7)19(11,15)16/h2-4H,5H2,1H3,(H,12,14). The molecule has 0 aliphatic rings. The van der Waals surface area contributed by atoms with Gasteiger partial charge in [0, 0.05) is 21.6 Å². The second-order valence-electron chi connectivity index (χ2n) is 3.66. The SMILES string of the molecule is Cc1cc(C(=O)NCc2ccc(S(=O)(=O)Cl)s2)no1. The third-order valence-corrected chi connectivity index (χ3v) is 5.34. The number of aromatic nitrogens is 1. The van der Waals surface area contributed by atoms with Gasteiger partial charge in [-0.25, -0.2) is 8.42 Å². The van der Waals surface area contributed by atoms with Gasteiger partial charge in [-0.2, -0.15) is 0 Å². The molecule has 0 saturated carbocycles. The Balaban J connectivity index is 1.99. The smallest absolute Gasteiger partial charge is 0.273 e. The second kappa shape index (κ2) is 5.32. The Morgan fingerprint density at radius 3 is 2.79 bits per heavy atom. The monoisotopic (exact) mass is 320 g/mol. The predicted molar refractivity (Wildman–Crippen MR) is 69.8 cm³/mol. The molecule has 0 atom stereocenters. The fourth-order valence-corrected chi connectivity index (χ4v) is 3.38. The van der Waals surface area contributed by atoms with Crippen LogP contribution in [0.2, 0.25) is 0 Å². The van der Waals surface area contributed by atoms with Gasteiger partial charge in [-0.3, -0.25) is 4.79 Å². The molecular weight excluding hydrogens is 312 g/mol. The number of rotatable bonds is 4. The van der Waals surface area contributed by atoms with E-state index >= 15 is 0 Å². The van der Waals surface area contributed by atoms with Gasteiger partial charge in [0.25, 0.3) is 15.0 Å². The number of halogens is 1. The highest BCUT2D eigenvalue weighted by molar-refractivity contribution is 8.15. The number of carbonyl (C=O) groups excluding carboxylic acids is 1. The van der Waals surface area contributed by atoms with Crippen LogP contribution in [0.25, 0.3) is 0 Å². The zero-order valence-corrected chi connectivity index (χ0v) is 12.1. The summed E-state index contributed by atoms with van der Waals surface area (Å²) in [6.45, 7) is 1.88. The van der Waals surface area contributed by atoms with Crippen LogP contribution in [0, 0.1) is 6.92 Å². The van der Waals surface area contributed by atoms with Crippen molar-refractivity contribution >= 4 is 37.0 Å². The number of hydrogen-bond acceptors (Lipinski definition) is 6. The average Bonchev–Trinajstić information content (AvgIpc) is 2.93. The van der Waals surface area contributed by atoms with Crippen LogP contribution in [0.5, 0.6) is 0 Å². The molecule has 19 heavy (non-hydrogen) atoms. The largest absolute Gasteiger partial charge is 0.361 e. The van der Waals surface area contributed by atoms with E-state index in [2.05, 4.69) is 10.5 Å². The number of aryl methyl sites for hydroxylation is 1. The van der Waals surface area contributed by atoms with Crippen LogP contribution in [-0.4, -0.2) is 19.5 Å². The van der Waals surface area contributed by atoms with Crippen molar-refractivity contribution in [3.05, 3.63) is 34.5 Å². The maximum Gasteiger partial charge on any atom is 0.273 e. The van der Waals surface area contributed by atoms with E-state index in [9.17, 15) is 13.2 Å². The minimum atomic E-state index is -3.72. The van der Waals surface area contributed by atoms with Crippen molar-refractivity contribution in [3.8, 4) is 0 Å². The summed E-state index contributed by atoms with van der Waals surface area (Å²) in [6, 6.07) is 4.50. The van der Waals surface area contributed by atoms with Crippen LogP contribution in [0.4, 0.5) is 0 Å². The van der Waals surface area contributed by atoms with Crippen molar-refractivity contribution < 1.29 is 17.7 Å². The van der Waals surface area contributed by atoms with Crippen LogP contribution in [0.15, 0.2) is 26.9 Å².